The fourth-order valence-corrected chi connectivity index (χ4v) is 4.42. The van der Waals surface area contributed by atoms with Gasteiger partial charge in [0.05, 0.1) is 6.61 Å². The smallest absolute Gasteiger partial charge is 0.231 e. The standard InChI is InChI=1S/C29H35N9O/c30-13-5-2-6-18-39-26-11-9-25(10-12-26)35-27-33-22-34-29(36-27)38-16-14-37(15-17-38)28-31-20-24(21-32-28)19-23-7-3-1-4-8-23/h1,3-4,7-12,20-22H,2,5-6,13-19,30H2,(H,33,34,35,36). The van der Waals surface area contributed by atoms with Gasteiger partial charge in [-0.15, -0.1) is 0 Å². The van der Waals surface area contributed by atoms with E-state index in [-0.39, 0.29) is 0 Å². The predicted octanol–water partition coefficient (Wildman–Crippen LogP) is 3.83. The van der Waals surface area contributed by atoms with Gasteiger partial charge in [-0.25, -0.2) is 19.9 Å². The van der Waals surface area contributed by atoms with Crippen LogP contribution in [0, 0.1) is 0 Å². The molecule has 3 N–H and O–H groups in total. The molecule has 0 spiro atoms. The Morgan fingerprint density at radius 1 is 0.744 bits per heavy atom. The van der Waals surface area contributed by atoms with E-state index in [4.69, 9.17) is 10.5 Å². The monoisotopic (exact) mass is 525 g/mol. The van der Waals surface area contributed by atoms with Crippen LogP contribution in [-0.2, 0) is 6.42 Å². The van der Waals surface area contributed by atoms with Crippen molar-refractivity contribution in [2.45, 2.75) is 25.7 Å². The number of rotatable bonds is 12. The Bertz CT molecular complexity index is 1280. The van der Waals surface area contributed by atoms with Crippen molar-refractivity contribution in [1.82, 2.24) is 24.9 Å². The molecule has 5 rings (SSSR count). The van der Waals surface area contributed by atoms with Crippen LogP contribution < -0.4 is 25.6 Å². The average Bonchev–Trinajstić information content (AvgIpc) is 2.99. The maximum Gasteiger partial charge on any atom is 0.231 e. The van der Waals surface area contributed by atoms with Crippen molar-refractivity contribution in [1.29, 1.82) is 0 Å². The highest BCUT2D eigenvalue weighted by Gasteiger charge is 2.21. The first-order valence-corrected chi connectivity index (χ1v) is 13.5. The Hall–Kier alpha value is -4.31. The summed E-state index contributed by atoms with van der Waals surface area (Å²) in [4.78, 5) is 27.0. The summed E-state index contributed by atoms with van der Waals surface area (Å²) in [6, 6.07) is 18.2. The Balaban J connectivity index is 1.11. The van der Waals surface area contributed by atoms with Crippen molar-refractivity contribution >= 4 is 23.5 Å². The van der Waals surface area contributed by atoms with E-state index in [0.29, 0.717) is 18.5 Å². The SMILES string of the molecule is NCCCCCOc1ccc(Nc2ncnc(N3CCN(c4ncc(Cc5ccccc5)cn4)CC3)n2)cc1. The molecule has 10 nitrogen and oxygen atoms in total. The molecule has 0 bridgehead atoms. The molecule has 0 unspecified atom stereocenters. The molecule has 0 atom stereocenters. The number of unbranched alkanes of at least 4 members (excludes halogenated alkanes) is 2. The molecule has 0 saturated carbocycles. The minimum Gasteiger partial charge on any atom is -0.494 e. The molecule has 1 aliphatic heterocycles. The van der Waals surface area contributed by atoms with Crippen molar-refractivity contribution in [3.8, 4) is 5.75 Å². The van der Waals surface area contributed by atoms with E-state index in [1.54, 1.807) is 6.33 Å². The molecule has 0 radical (unpaired) electrons. The lowest BCUT2D eigenvalue weighted by atomic mass is 10.1. The van der Waals surface area contributed by atoms with Crippen LogP contribution in [-0.4, -0.2) is 64.3 Å². The van der Waals surface area contributed by atoms with E-state index >= 15 is 0 Å². The molecule has 202 valence electrons. The Kier molecular flexibility index (Phi) is 9.09. The van der Waals surface area contributed by atoms with Gasteiger partial charge in [0.25, 0.3) is 0 Å². The van der Waals surface area contributed by atoms with Crippen LogP contribution >= 0.6 is 0 Å². The van der Waals surface area contributed by atoms with Gasteiger partial charge in [0.2, 0.25) is 17.8 Å². The summed E-state index contributed by atoms with van der Waals surface area (Å²) >= 11 is 0. The molecule has 39 heavy (non-hydrogen) atoms. The number of ether oxygens (including phenoxy) is 1. The van der Waals surface area contributed by atoms with Gasteiger partial charge in [0.15, 0.2) is 0 Å². The Morgan fingerprint density at radius 2 is 1.46 bits per heavy atom. The number of hydrogen-bond donors (Lipinski definition) is 2. The highest BCUT2D eigenvalue weighted by atomic mass is 16.5. The molecule has 2 aromatic heterocycles. The first-order chi connectivity index (χ1) is 19.3. The van der Waals surface area contributed by atoms with E-state index in [9.17, 15) is 0 Å². The average molecular weight is 526 g/mol. The van der Waals surface area contributed by atoms with Gasteiger partial charge >= 0.3 is 0 Å². The lowest BCUT2D eigenvalue weighted by Crippen LogP contribution is -2.47. The zero-order chi connectivity index (χ0) is 26.7. The molecule has 10 heteroatoms. The van der Waals surface area contributed by atoms with Crippen molar-refractivity contribution in [2.24, 2.45) is 5.73 Å². The normalized spacial score (nSPS) is 13.4. The van der Waals surface area contributed by atoms with Gasteiger partial charge in [0.1, 0.15) is 12.1 Å². The largest absolute Gasteiger partial charge is 0.494 e. The number of nitrogens with one attached hydrogen (secondary N) is 1. The number of benzene rings is 2. The molecule has 3 heterocycles. The molecular formula is C29H35N9O. The minimum atomic E-state index is 0.509. The topological polar surface area (TPSA) is 118 Å². The molecular weight excluding hydrogens is 490 g/mol. The van der Waals surface area contributed by atoms with Crippen molar-refractivity contribution < 1.29 is 4.74 Å². The van der Waals surface area contributed by atoms with Crippen LogP contribution in [0.25, 0.3) is 0 Å². The van der Waals surface area contributed by atoms with E-state index in [1.807, 2.05) is 42.7 Å². The van der Waals surface area contributed by atoms with Crippen LogP contribution in [0.1, 0.15) is 30.4 Å². The second-order valence-electron chi connectivity index (χ2n) is 9.48. The third-order valence-corrected chi connectivity index (χ3v) is 6.57. The highest BCUT2D eigenvalue weighted by Crippen LogP contribution is 2.20. The van der Waals surface area contributed by atoms with Gasteiger partial charge in [-0.2, -0.15) is 4.98 Å². The van der Waals surface area contributed by atoms with Gasteiger partial charge < -0.3 is 25.6 Å². The van der Waals surface area contributed by atoms with Gasteiger partial charge in [-0.3, -0.25) is 0 Å². The Morgan fingerprint density at radius 3 is 2.18 bits per heavy atom. The summed E-state index contributed by atoms with van der Waals surface area (Å²) in [5.74, 6) is 2.77. The zero-order valence-corrected chi connectivity index (χ0v) is 22.1. The molecule has 2 aromatic carbocycles. The quantitative estimate of drug-likeness (QED) is 0.264. The van der Waals surface area contributed by atoms with E-state index in [0.717, 1.165) is 81.4 Å². The number of hydrogen-bond acceptors (Lipinski definition) is 10. The minimum absolute atomic E-state index is 0.509. The third kappa shape index (κ3) is 7.61. The molecule has 1 aliphatic rings. The lowest BCUT2D eigenvalue weighted by Gasteiger charge is -2.34. The molecule has 4 aromatic rings. The predicted molar refractivity (Wildman–Crippen MR) is 154 cm³/mol. The van der Waals surface area contributed by atoms with Crippen molar-refractivity contribution in [3.05, 3.63) is 84.4 Å². The maximum absolute atomic E-state index is 5.80. The molecule has 0 aliphatic carbocycles. The summed E-state index contributed by atoms with van der Waals surface area (Å²) in [5.41, 5.74) is 8.78. The van der Waals surface area contributed by atoms with Crippen molar-refractivity contribution in [3.63, 3.8) is 0 Å². The number of nitrogens with zero attached hydrogens (tertiary/aromatic N) is 7. The maximum atomic E-state index is 5.80. The van der Waals surface area contributed by atoms with Crippen LogP contribution in [0.15, 0.2) is 73.3 Å². The summed E-state index contributed by atoms with van der Waals surface area (Å²) in [5, 5.41) is 3.26. The summed E-state index contributed by atoms with van der Waals surface area (Å²) < 4.78 is 5.80. The van der Waals surface area contributed by atoms with Crippen LogP contribution in [0.4, 0.5) is 23.5 Å². The fraction of sp³-hybridized carbons (Fsp3) is 0.345. The number of anilines is 4. The van der Waals surface area contributed by atoms with E-state index in [1.165, 1.54) is 5.56 Å². The first-order valence-electron chi connectivity index (χ1n) is 13.5. The van der Waals surface area contributed by atoms with E-state index < -0.39 is 0 Å². The van der Waals surface area contributed by atoms with Crippen LogP contribution in [0.5, 0.6) is 5.75 Å². The third-order valence-electron chi connectivity index (χ3n) is 6.57. The fourth-order valence-electron chi connectivity index (χ4n) is 4.42. The highest BCUT2D eigenvalue weighted by molar-refractivity contribution is 5.55. The molecule has 1 fully saturated rings. The van der Waals surface area contributed by atoms with E-state index in [2.05, 4.69) is 64.3 Å². The summed E-state index contributed by atoms with van der Waals surface area (Å²) in [6.07, 6.45) is 9.35. The second-order valence-corrected chi connectivity index (χ2v) is 9.48. The second kappa shape index (κ2) is 13.5. The number of nitrogens with two attached hydrogens (primary N) is 1. The first kappa shape index (κ1) is 26.3. The summed E-state index contributed by atoms with van der Waals surface area (Å²) in [7, 11) is 0. The zero-order valence-electron chi connectivity index (χ0n) is 22.1. The Labute approximate surface area is 229 Å². The summed E-state index contributed by atoms with van der Waals surface area (Å²) in [6.45, 7) is 4.56. The molecule has 1 saturated heterocycles. The number of piperazine rings is 1. The molecule has 0 amide bonds. The lowest BCUT2D eigenvalue weighted by molar-refractivity contribution is 0.306. The van der Waals surface area contributed by atoms with Gasteiger partial charge in [0, 0.05) is 50.7 Å². The van der Waals surface area contributed by atoms with Crippen LogP contribution in [0.3, 0.4) is 0 Å². The van der Waals surface area contributed by atoms with Gasteiger partial charge in [-0.1, -0.05) is 30.3 Å². The van der Waals surface area contributed by atoms with Gasteiger partial charge in [-0.05, 0) is 61.2 Å². The van der Waals surface area contributed by atoms with Crippen LogP contribution in [0.2, 0.25) is 0 Å². The van der Waals surface area contributed by atoms with Crippen molar-refractivity contribution in [2.75, 3.05) is 54.4 Å². The number of aromatic nitrogens is 5.